The van der Waals surface area contributed by atoms with Gasteiger partial charge in [0, 0.05) is 29.1 Å². The number of nitrogens with zero attached hydrogens (tertiary/aromatic N) is 1. The summed E-state index contributed by atoms with van der Waals surface area (Å²) in [5, 5.41) is 1.12. The van der Waals surface area contributed by atoms with E-state index in [1.807, 2.05) is 12.1 Å². The number of hydrogen-bond acceptors (Lipinski definition) is 3. The number of fused-ring (bicyclic) bond motifs is 2. The Kier molecular flexibility index (Phi) is 5.68. The number of hydrogen-bond donors (Lipinski definition) is 2. The average molecular weight is 418 g/mol. The second kappa shape index (κ2) is 8.75. The molecular formula is C26H31N3O2. The molecule has 1 amide bonds. The molecule has 0 aliphatic carbocycles. The van der Waals surface area contributed by atoms with Crippen LogP contribution in [0.1, 0.15) is 58.6 Å². The first-order chi connectivity index (χ1) is 15.2. The van der Waals surface area contributed by atoms with Crippen molar-refractivity contribution in [1.82, 2.24) is 9.88 Å². The van der Waals surface area contributed by atoms with Crippen molar-refractivity contribution in [1.29, 1.82) is 0 Å². The highest BCUT2D eigenvalue weighted by molar-refractivity contribution is 5.97. The number of benzene rings is 2. The number of aromatic amines is 1. The highest BCUT2D eigenvalue weighted by Crippen LogP contribution is 2.33. The van der Waals surface area contributed by atoms with Crippen LogP contribution in [-0.4, -0.2) is 42.0 Å². The monoisotopic (exact) mass is 417 g/mol. The lowest BCUT2D eigenvalue weighted by molar-refractivity contribution is 0.100. The van der Waals surface area contributed by atoms with Gasteiger partial charge in [-0.15, -0.1) is 0 Å². The highest BCUT2D eigenvalue weighted by Gasteiger charge is 2.22. The molecule has 1 fully saturated rings. The second-order valence-corrected chi connectivity index (χ2v) is 8.98. The Bertz CT molecular complexity index is 1080. The van der Waals surface area contributed by atoms with Crippen molar-refractivity contribution in [3.63, 3.8) is 0 Å². The van der Waals surface area contributed by atoms with Crippen LogP contribution in [0.5, 0.6) is 5.75 Å². The van der Waals surface area contributed by atoms with Gasteiger partial charge in [-0.2, -0.15) is 0 Å². The lowest BCUT2D eigenvalue weighted by Crippen LogP contribution is -2.33. The minimum Gasteiger partial charge on any atom is -0.493 e. The van der Waals surface area contributed by atoms with E-state index in [0.29, 0.717) is 11.5 Å². The second-order valence-electron chi connectivity index (χ2n) is 8.98. The first-order valence-electron chi connectivity index (χ1n) is 11.5. The van der Waals surface area contributed by atoms with Gasteiger partial charge in [0.05, 0.1) is 6.61 Å². The molecule has 3 N–H and O–H groups in total. The number of amides is 1. The van der Waals surface area contributed by atoms with Gasteiger partial charge in [0.1, 0.15) is 5.75 Å². The van der Waals surface area contributed by atoms with E-state index in [0.717, 1.165) is 42.5 Å². The highest BCUT2D eigenvalue weighted by atomic mass is 16.5. The zero-order valence-electron chi connectivity index (χ0n) is 18.0. The molecule has 2 aromatic carbocycles. The van der Waals surface area contributed by atoms with Crippen molar-refractivity contribution in [2.45, 2.75) is 44.4 Å². The van der Waals surface area contributed by atoms with E-state index in [-0.39, 0.29) is 5.91 Å². The van der Waals surface area contributed by atoms with E-state index in [9.17, 15) is 4.79 Å². The molecule has 0 radical (unpaired) electrons. The van der Waals surface area contributed by atoms with E-state index in [1.54, 1.807) is 6.07 Å². The van der Waals surface area contributed by atoms with Crippen LogP contribution in [0.2, 0.25) is 0 Å². The number of carbonyl (C=O) groups excluding carboxylic acids is 1. The van der Waals surface area contributed by atoms with Gasteiger partial charge < -0.3 is 20.4 Å². The van der Waals surface area contributed by atoms with Crippen LogP contribution in [0.4, 0.5) is 0 Å². The normalized spacial score (nSPS) is 17.0. The number of aromatic nitrogens is 1. The van der Waals surface area contributed by atoms with E-state index in [4.69, 9.17) is 10.5 Å². The van der Waals surface area contributed by atoms with E-state index >= 15 is 0 Å². The molecule has 0 atom stereocenters. The molecule has 3 heterocycles. The number of unbranched alkanes of at least 4 members (excludes halogenated alkanes) is 1. The molecule has 0 spiro atoms. The predicted octanol–water partition coefficient (Wildman–Crippen LogP) is 4.40. The number of nitrogens with two attached hydrogens (primary N) is 1. The van der Waals surface area contributed by atoms with Crippen molar-refractivity contribution in [3.8, 4) is 5.75 Å². The molecule has 5 nitrogen and oxygen atoms in total. The smallest absolute Gasteiger partial charge is 0.248 e. The van der Waals surface area contributed by atoms with E-state index in [2.05, 4.69) is 34.3 Å². The van der Waals surface area contributed by atoms with Gasteiger partial charge in [-0.25, -0.2) is 0 Å². The van der Waals surface area contributed by atoms with Gasteiger partial charge in [-0.1, -0.05) is 12.1 Å². The Hall–Kier alpha value is -2.79. The Labute approximate surface area is 183 Å². The molecule has 1 saturated heterocycles. The van der Waals surface area contributed by atoms with Gasteiger partial charge in [-0.05, 0) is 98.6 Å². The lowest BCUT2D eigenvalue weighted by atomic mass is 9.88. The van der Waals surface area contributed by atoms with Gasteiger partial charge in [0.25, 0.3) is 0 Å². The number of nitrogens with one attached hydrogen (secondary N) is 1. The van der Waals surface area contributed by atoms with Crippen molar-refractivity contribution >= 4 is 16.8 Å². The number of aryl methyl sites for hydroxylation is 1. The SMILES string of the molecule is NC(=O)c1ccc2[nH]cc(CCCCN3CCC(c4ccc5c(c4)CCO5)CC3)c2c1. The molecule has 1 aromatic heterocycles. The Morgan fingerprint density at radius 3 is 2.84 bits per heavy atom. The number of ether oxygens (including phenoxy) is 1. The zero-order valence-corrected chi connectivity index (χ0v) is 18.0. The van der Waals surface area contributed by atoms with Crippen LogP contribution in [0.15, 0.2) is 42.6 Å². The van der Waals surface area contributed by atoms with Crippen LogP contribution in [-0.2, 0) is 12.8 Å². The third-order valence-electron chi connectivity index (χ3n) is 6.99. The molecule has 3 aromatic rings. The number of rotatable bonds is 7. The third kappa shape index (κ3) is 4.33. The largest absolute Gasteiger partial charge is 0.493 e. The number of H-pyrrole nitrogens is 1. The zero-order chi connectivity index (χ0) is 21.2. The lowest BCUT2D eigenvalue weighted by Gasteiger charge is -2.32. The fraction of sp³-hybridized carbons (Fsp3) is 0.423. The number of piperidine rings is 1. The Balaban J connectivity index is 1.09. The predicted molar refractivity (Wildman–Crippen MR) is 124 cm³/mol. The fourth-order valence-electron chi connectivity index (χ4n) is 5.14. The summed E-state index contributed by atoms with van der Waals surface area (Å²) in [6.07, 6.45) is 9.00. The topological polar surface area (TPSA) is 71.4 Å². The van der Waals surface area contributed by atoms with Gasteiger partial charge in [-0.3, -0.25) is 4.79 Å². The number of primary amides is 1. The molecule has 5 rings (SSSR count). The van der Waals surface area contributed by atoms with Crippen LogP contribution in [0, 0.1) is 0 Å². The van der Waals surface area contributed by atoms with Gasteiger partial charge >= 0.3 is 0 Å². The van der Waals surface area contributed by atoms with Crippen molar-refractivity contribution in [2.24, 2.45) is 5.73 Å². The first kappa shape index (κ1) is 20.1. The maximum Gasteiger partial charge on any atom is 0.248 e. The van der Waals surface area contributed by atoms with Crippen molar-refractivity contribution in [2.75, 3.05) is 26.2 Å². The molecule has 162 valence electrons. The molecule has 0 saturated carbocycles. The minimum absolute atomic E-state index is 0.370. The first-order valence-corrected chi connectivity index (χ1v) is 11.5. The van der Waals surface area contributed by atoms with Crippen molar-refractivity contribution < 1.29 is 9.53 Å². The van der Waals surface area contributed by atoms with Gasteiger partial charge in [0.2, 0.25) is 5.91 Å². The molecule has 5 heteroatoms. The molecule has 2 aliphatic rings. The fourth-order valence-corrected chi connectivity index (χ4v) is 5.14. The quantitative estimate of drug-likeness (QED) is 0.560. The standard InChI is InChI=1S/C26H31N3O2/c27-26(30)21-4-6-24-23(16-21)22(17-28-24)3-1-2-11-29-12-8-18(9-13-29)19-5-7-25-20(15-19)10-14-31-25/h4-7,15-18,28H,1-3,8-14H2,(H2,27,30). The minimum atomic E-state index is -0.370. The number of carbonyl (C=O) groups is 1. The summed E-state index contributed by atoms with van der Waals surface area (Å²) in [5.41, 5.74) is 11.2. The summed E-state index contributed by atoms with van der Waals surface area (Å²) < 4.78 is 5.65. The summed E-state index contributed by atoms with van der Waals surface area (Å²) in [5.74, 6) is 1.40. The Morgan fingerprint density at radius 2 is 2.00 bits per heavy atom. The van der Waals surface area contributed by atoms with E-state index < -0.39 is 0 Å². The average Bonchev–Trinajstić information content (AvgIpc) is 3.43. The summed E-state index contributed by atoms with van der Waals surface area (Å²) in [7, 11) is 0. The van der Waals surface area contributed by atoms with Crippen LogP contribution >= 0.6 is 0 Å². The summed E-state index contributed by atoms with van der Waals surface area (Å²) in [6, 6.07) is 12.5. The summed E-state index contributed by atoms with van der Waals surface area (Å²) >= 11 is 0. The summed E-state index contributed by atoms with van der Waals surface area (Å²) in [6.45, 7) is 4.38. The van der Waals surface area contributed by atoms with Crippen LogP contribution in [0.3, 0.4) is 0 Å². The molecule has 31 heavy (non-hydrogen) atoms. The maximum absolute atomic E-state index is 11.5. The molecular weight excluding hydrogens is 386 g/mol. The van der Waals surface area contributed by atoms with Crippen LogP contribution in [0.25, 0.3) is 10.9 Å². The molecule has 2 aliphatic heterocycles. The number of likely N-dealkylation sites (tertiary alicyclic amines) is 1. The molecule has 0 unspecified atom stereocenters. The van der Waals surface area contributed by atoms with Gasteiger partial charge in [0.15, 0.2) is 0 Å². The van der Waals surface area contributed by atoms with Crippen molar-refractivity contribution in [3.05, 3.63) is 64.8 Å². The van der Waals surface area contributed by atoms with Crippen LogP contribution < -0.4 is 10.5 Å². The third-order valence-corrected chi connectivity index (χ3v) is 6.99. The molecule has 0 bridgehead atoms. The maximum atomic E-state index is 11.5. The summed E-state index contributed by atoms with van der Waals surface area (Å²) in [4.78, 5) is 17.4. The van der Waals surface area contributed by atoms with E-state index in [1.165, 1.54) is 55.6 Å². The Morgan fingerprint density at radius 1 is 1.13 bits per heavy atom.